The Hall–Kier alpha value is 0.605. The molecule has 0 N–H and O–H groups in total. The Labute approximate surface area is 90.7 Å². The van der Waals surface area contributed by atoms with Crippen LogP contribution in [0.15, 0.2) is 0 Å². The third kappa shape index (κ3) is 2.16. The molecule has 0 amide bonds. The number of fused-ring (bicyclic) bond motifs is 1. The van der Waals surface area contributed by atoms with Gasteiger partial charge in [0.2, 0.25) is 0 Å². The second-order valence-corrected chi connectivity index (χ2v) is 5.32. The van der Waals surface area contributed by atoms with Gasteiger partial charge in [-0.15, -0.1) is 22.9 Å². The van der Waals surface area contributed by atoms with Gasteiger partial charge in [0.05, 0.1) is 0 Å². The SMILES string of the molecule is ClB(Cl)N1CCC[C@H]2CCCC[C@@H]21. The van der Waals surface area contributed by atoms with Crippen LogP contribution in [0.2, 0.25) is 0 Å². The van der Waals surface area contributed by atoms with Crippen molar-refractivity contribution in [2.45, 2.75) is 44.6 Å². The molecule has 1 aliphatic carbocycles. The standard InChI is InChI=1S/C9H16BCl2N/c11-10(12)13-7-3-5-8-4-1-2-6-9(8)13/h8-9H,1-7H2/t8-,9+/m1/s1. The first-order valence-electron chi connectivity index (χ1n) is 5.33. The smallest absolute Gasteiger partial charge is 0.312 e. The maximum absolute atomic E-state index is 5.97. The summed E-state index contributed by atoms with van der Waals surface area (Å²) in [5.74, 6) is 0.877. The summed E-state index contributed by atoms with van der Waals surface area (Å²) in [7, 11) is 0. The van der Waals surface area contributed by atoms with Crippen LogP contribution in [-0.2, 0) is 0 Å². The molecule has 0 spiro atoms. The molecular weight excluding hydrogens is 204 g/mol. The number of nitrogens with zero attached hydrogens (tertiary/aromatic N) is 1. The zero-order valence-electron chi connectivity index (χ0n) is 7.88. The van der Waals surface area contributed by atoms with Crippen molar-refractivity contribution >= 4 is 28.6 Å². The number of hydrogen-bond donors (Lipinski definition) is 0. The Morgan fingerprint density at radius 3 is 2.46 bits per heavy atom. The fraction of sp³-hybridized carbons (Fsp3) is 1.00. The molecule has 2 atom stereocenters. The Bertz CT molecular complexity index is 175. The molecule has 2 aliphatic rings. The molecule has 0 unspecified atom stereocenters. The molecule has 0 aromatic heterocycles. The van der Waals surface area contributed by atoms with Gasteiger partial charge in [-0.25, -0.2) is 0 Å². The van der Waals surface area contributed by atoms with E-state index in [1.54, 1.807) is 0 Å². The summed E-state index contributed by atoms with van der Waals surface area (Å²) < 4.78 is 0. The van der Waals surface area contributed by atoms with Gasteiger partial charge in [-0.3, -0.25) is 0 Å². The van der Waals surface area contributed by atoms with Crippen molar-refractivity contribution < 1.29 is 0 Å². The summed E-state index contributed by atoms with van der Waals surface area (Å²) in [6, 6.07) is 0.683. The Morgan fingerprint density at radius 1 is 1.00 bits per heavy atom. The summed E-state index contributed by atoms with van der Waals surface area (Å²) in [5, 5.41) is 0. The summed E-state index contributed by atoms with van der Waals surface area (Å²) in [6.45, 7) is 1.10. The van der Waals surface area contributed by atoms with Crippen LogP contribution in [0.3, 0.4) is 0 Å². The molecule has 1 nitrogen and oxygen atoms in total. The lowest BCUT2D eigenvalue weighted by atomic mass is 9.77. The molecule has 2 fully saturated rings. The molecule has 13 heavy (non-hydrogen) atoms. The van der Waals surface area contributed by atoms with Gasteiger partial charge in [-0.05, 0) is 38.1 Å². The second kappa shape index (κ2) is 4.42. The van der Waals surface area contributed by atoms with E-state index in [0.29, 0.717) is 6.04 Å². The molecule has 1 aliphatic heterocycles. The van der Waals surface area contributed by atoms with Crippen LogP contribution in [0, 0.1) is 5.92 Å². The zero-order chi connectivity index (χ0) is 9.26. The van der Waals surface area contributed by atoms with Crippen molar-refractivity contribution in [3.05, 3.63) is 0 Å². The van der Waals surface area contributed by atoms with Crippen molar-refractivity contribution in [1.29, 1.82) is 0 Å². The molecule has 1 saturated carbocycles. The summed E-state index contributed by atoms with van der Waals surface area (Å²) in [4.78, 5) is 2.29. The van der Waals surface area contributed by atoms with E-state index < -0.39 is 0 Å². The number of hydrogen-bond acceptors (Lipinski definition) is 1. The van der Waals surface area contributed by atoms with E-state index in [9.17, 15) is 0 Å². The van der Waals surface area contributed by atoms with Crippen LogP contribution in [0.4, 0.5) is 0 Å². The van der Waals surface area contributed by atoms with E-state index in [1.807, 2.05) is 0 Å². The molecule has 4 heteroatoms. The largest absolute Gasteiger partial charge is 0.435 e. The van der Waals surface area contributed by atoms with Gasteiger partial charge in [-0.2, -0.15) is 0 Å². The Balaban J connectivity index is 2.02. The van der Waals surface area contributed by atoms with Crippen LogP contribution in [0.5, 0.6) is 0 Å². The fourth-order valence-electron chi connectivity index (χ4n) is 2.91. The van der Waals surface area contributed by atoms with Crippen molar-refractivity contribution in [2.75, 3.05) is 6.54 Å². The average molecular weight is 220 g/mol. The Kier molecular flexibility index (Phi) is 3.44. The second-order valence-electron chi connectivity index (χ2n) is 4.27. The van der Waals surface area contributed by atoms with E-state index >= 15 is 0 Å². The molecule has 74 valence electrons. The summed E-state index contributed by atoms with van der Waals surface area (Å²) >= 11 is 11.9. The van der Waals surface area contributed by atoms with Crippen LogP contribution in [0.1, 0.15) is 38.5 Å². The molecule has 2 rings (SSSR count). The van der Waals surface area contributed by atoms with Gasteiger partial charge in [0.25, 0.3) is 0 Å². The molecule has 1 heterocycles. The van der Waals surface area contributed by atoms with Gasteiger partial charge in [0.1, 0.15) is 0 Å². The van der Waals surface area contributed by atoms with Gasteiger partial charge < -0.3 is 4.81 Å². The molecule has 1 saturated heterocycles. The number of halogens is 2. The highest BCUT2D eigenvalue weighted by Crippen LogP contribution is 2.36. The lowest BCUT2D eigenvalue weighted by Crippen LogP contribution is -2.50. The number of rotatable bonds is 1. The molecule has 0 aromatic rings. The van der Waals surface area contributed by atoms with Crippen molar-refractivity contribution in [3.8, 4) is 0 Å². The minimum Gasteiger partial charge on any atom is -0.312 e. The predicted octanol–water partition coefficient (Wildman–Crippen LogP) is 3.10. The summed E-state index contributed by atoms with van der Waals surface area (Å²) in [6.07, 6.45) is 8.13. The summed E-state index contributed by atoms with van der Waals surface area (Å²) in [5.41, 5.74) is -0.286. The molecule has 0 radical (unpaired) electrons. The van der Waals surface area contributed by atoms with Gasteiger partial charge in [0, 0.05) is 6.04 Å². The highest BCUT2D eigenvalue weighted by Gasteiger charge is 2.36. The molecule has 0 aromatic carbocycles. The molecule has 0 bridgehead atoms. The quantitative estimate of drug-likeness (QED) is 0.613. The van der Waals surface area contributed by atoms with E-state index in [0.717, 1.165) is 12.5 Å². The highest BCUT2D eigenvalue weighted by atomic mass is 35.5. The van der Waals surface area contributed by atoms with Gasteiger partial charge >= 0.3 is 5.68 Å². The van der Waals surface area contributed by atoms with E-state index in [2.05, 4.69) is 4.81 Å². The third-order valence-electron chi connectivity index (χ3n) is 3.54. The molecular formula is C9H16BCl2N. The zero-order valence-corrected chi connectivity index (χ0v) is 9.40. The first kappa shape index (κ1) is 10.1. The average Bonchev–Trinajstić information content (AvgIpc) is 2.17. The lowest BCUT2D eigenvalue weighted by molar-refractivity contribution is 0.129. The van der Waals surface area contributed by atoms with E-state index in [-0.39, 0.29) is 5.68 Å². The highest BCUT2D eigenvalue weighted by molar-refractivity contribution is 7.32. The monoisotopic (exact) mass is 219 g/mol. The maximum atomic E-state index is 5.97. The first-order valence-corrected chi connectivity index (χ1v) is 6.20. The van der Waals surface area contributed by atoms with E-state index in [1.165, 1.54) is 38.5 Å². The van der Waals surface area contributed by atoms with Crippen LogP contribution >= 0.6 is 22.9 Å². The van der Waals surface area contributed by atoms with Crippen LogP contribution < -0.4 is 0 Å². The fourth-order valence-corrected chi connectivity index (χ4v) is 3.39. The van der Waals surface area contributed by atoms with E-state index in [4.69, 9.17) is 22.9 Å². The van der Waals surface area contributed by atoms with Crippen LogP contribution in [0.25, 0.3) is 0 Å². The predicted molar refractivity (Wildman–Crippen MR) is 59.1 cm³/mol. The Morgan fingerprint density at radius 2 is 1.69 bits per heavy atom. The van der Waals surface area contributed by atoms with Crippen molar-refractivity contribution in [3.63, 3.8) is 0 Å². The lowest BCUT2D eigenvalue weighted by Gasteiger charge is -2.44. The minimum absolute atomic E-state index is 0.286. The van der Waals surface area contributed by atoms with Crippen molar-refractivity contribution in [1.82, 2.24) is 4.81 Å². The normalized spacial score (nSPS) is 35.5. The van der Waals surface area contributed by atoms with Gasteiger partial charge in [-0.1, -0.05) is 12.8 Å². The maximum Gasteiger partial charge on any atom is 0.435 e. The van der Waals surface area contributed by atoms with Crippen molar-refractivity contribution in [2.24, 2.45) is 5.92 Å². The van der Waals surface area contributed by atoms with Crippen LogP contribution in [-0.4, -0.2) is 23.1 Å². The number of piperidine rings is 1. The van der Waals surface area contributed by atoms with Gasteiger partial charge in [0.15, 0.2) is 0 Å². The minimum atomic E-state index is -0.286. The topological polar surface area (TPSA) is 3.24 Å². The first-order chi connectivity index (χ1) is 6.29. The third-order valence-corrected chi connectivity index (χ3v) is 4.04.